The van der Waals surface area contributed by atoms with E-state index < -0.39 is 35.7 Å². The van der Waals surface area contributed by atoms with Crippen LogP contribution in [0.2, 0.25) is 0 Å². The first-order valence-electron chi connectivity index (χ1n) is 7.64. The van der Waals surface area contributed by atoms with Crippen molar-refractivity contribution in [2.45, 2.75) is 38.3 Å². The highest BCUT2D eigenvalue weighted by atomic mass is 19.1. The van der Waals surface area contributed by atoms with Gasteiger partial charge in [-0.3, -0.25) is 9.59 Å². The Morgan fingerprint density at radius 3 is 2.56 bits per heavy atom. The fraction of sp³-hybridized carbons (Fsp3) is 0.412. The van der Waals surface area contributed by atoms with Crippen LogP contribution < -0.4 is 10.6 Å². The molecule has 2 N–H and O–H groups in total. The van der Waals surface area contributed by atoms with Gasteiger partial charge in [-0.15, -0.1) is 0 Å². The van der Waals surface area contributed by atoms with Crippen molar-refractivity contribution >= 4 is 17.8 Å². The summed E-state index contributed by atoms with van der Waals surface area (Å²) in [5.74, 6) is -2.20. The van der Waals surface area contributed by atoms with Crippen molar-refractivity contribution in [3.05, 3.63) is 35.6 Å². The molecule has 25 heavy (non-hydrogen) atoms. The van der Waals surface area contributed by atoms with E-state index >= 15 is 0 Å². The van der Waals surface area contributed by atoms with Crippen LogP contribution in [0.25, 0.3) is 0 Å². The summed E-state index contributed by atoms with van der Waals surface area (Å²) in [5, 5.41) is 13.6. The van der Waals surface area contributed by atoms with Crippen molar-refractivity contribution in [1.82, 2.24) is 10.6 Å². The lowest BCUT2D eigenvalue weighted by atomic mass is 10.0. The number of benzene rings is 1. The van der Waals surface area contributed by atoms with Gasteiger partial charge >= 0.3 is 5.97 Å². The van der Waals surface area contributed by atoms with Crippen LogP contribution in [0.3, 0.4) is 0 Å². The van der Waals surface area contributed by atoms with Gasteiger partial charge in [-0.2, -0.15) is 5.26 Å². The molecular formula is C17H20FN3O4. The SMILES string of the molecule is COC(=O)[C@@H](CCC#N)NC(=O)[C@@H](Cc1cccc(F)c1)NC(C)=O. The van der Waals surface area contributed by atoms with E-state index in [-0.39, 0.29) is 19.3 Å². The van der Waals surface area contributed by atoms with Crippen LogP contribution in [-0.4, -0.2) is 37.0 Å². The van der Waals surface area contributed by atoms with Crippen molar-refractivity contribution in [3.63, 3.8) is 0 Å². The van der Waals surface area contributed by atoms with E-state index in [4.69, 9.17) is 5.26 Å². The highest BCUT2D eigenvalue weighted by molar-refractivity contribution is 5.90. The molecule has 8 heteroatoms. The molecule has 0 unspecified atom stereocenters. The lowest BCUT2D eigenvalue weighted by Gasteiger charge is -2.21. The summed E-state index contributed by atoms with van der Waals surface area (Å²) in [5.41, 5.74) is 0.514. The second-order valence-corrected chi connectivity index (χ2v) is 5.37. The Kier molecular flexibility index (Phi) is 8.06. The van der Waals surface area contributed by atoms with E-state index in [9.17, 15) is 18.8 Å². The summed E-state index contributed by atoms with van der Waals surface area (Å²) in [7, 11) is 1.17. The number of hydrogen-bond acceptors (Lipinski definition) is 5. The van der Waals surface area contributed by atoms with Gasteiger partial charge in [0.15, 0.2) is 0 Å². The summed E-state index contributed by atoms with van der Waals surface area (Å²) in [6, 6.07) is 5.55. The lowest BCUT2D eigenvalue weighted by molar-refractivity contribution is -0.145. The predicted octanol–water partition coefficient (Wildman–Crippen LogP) is 0.834. The number of amides is 2. The molecule has 1 aromatic rings. The molecule has 7 nitrogen and oxygen atoms in total. The first-order valence-corrected chi connectivity index (χ1v) is 7.64. The maximum absolute atomic E-state index is 13.3. The molecule has 0 bridgehead atoms. The average Bonchev–Trinajstić information content (AvgIpc) is 2.56. The van der Waals surface area contributed by atoms with E-state index in [1.54, 1.807) is 6.07 Å². The summed E-state index contributed by atoms with van der Waals surface area (Å²) >= 11 is 0. The molecule has 0 aliphatic heterocycles. The zero-order valence-electron chi connectivity index (χ0n) is 14.0. The van der Waals surface area contributed by atoms with Gasteiger partial charge in [0.25, 0.3) is 0 Å². The molecule has 134 valence electrons. The highest BCUT2D eigenvalue weighted by Gasteiger charge is 2.26. The van der Waals surface area contributed by atoms with Gasteiger partial charge in [0, 0.05) is 19.8 Å². The number of nitriles is 1. The highest BCUT2D eigenvalue weighted by Crippen LogP contribution is 2.08. The molecule has 0 aliphatic rings. The first kappa shape index (κ1) is 20.1. The zero-order chi connectivity index (χ0) is 18.8. The maximum Gasteiger partial charge on any atom is 0.328 e. The Labute approximate surface area is 145 Å². The number of ether oxygens (including phenoxy) is 1. The number of halogens is 1. The van der Waals surface area contributed by atoms with Gasteiger partial charge in [-0.25, -0.2) is 9.18 Å². The van der Waals surface area contributed by atoms with Gasteiger partial charge in [0.1, 0.15) is 17.9 Å². The number of methoxy groups -OCH3 is 1. The van der Waals surface area contributed by atoms with Crippen LogP contribution in [0.5, 0.6) is 0 Å². The van der Waals surface area contributed by atoms with Crippen molar-refractivity contribution in [1.29, 1.82) is 5.26 Å². The van der Waals surface area contributed by atoms with Gasteiger partial charge in [0.05, 0.1) is 13.2 Å². The third-order valence-corrected chi connectivity index (χ3v) is 3.37. The second kappa shape index (κ2) is 10.0. The van der Waals surface area contributed by atoms with Crippen LogP contribution >= 0.6 is 0 Å². The Balaban J connectivity index is 2.89. The molecule has 0 spiro atoms. The molecule has 0 heterocycles. The normalized spacial score (nSPS) is 12.4. The molecular weight excluding hydrogens is 329 g/mol. The molecule has 1 rings (SSSR count). The van der Waals surface area contributed by atoms with E-state index in [1.807, 2.05) is 6.07 Å². The molecule has 0 fully saturated rings. The summed E-state index contributed by atoms with van der Waals surface area (Å²) in [6.07, 6.45) is 0.186. The molecule has 0 saturated carbocycles. The van der Waals surface area contributed by atoms with Gasteiger partial charge in [-0.1, -0.05) is 12.1 Å². The minimum absolute atomic E-state index is 0.0503. The van der Waals surface area contributed by atoms with E-state index in [0.717, 1.165) is 0 Å². The van der Waals surface area contributed by atoms with Crippen molar-refractivity contribution < 1.29 is 23.5 Å². The number of rotatable bonds is 8. The number of nitrogens with one attached hydrogen (secondary N) is 2. The maximum atomic E-state index is 13.3. The largest absolute Gasteiger partial charge is 0.467 e. The number of esters is 1. The first-order chi connectivity index (χ1) is 11.9. The summed E-state index contributed by atoms with van der Waals surface area (Å²) in [4.78, 5) is 35.5. The minimum Gasteiger partial charge on any atom is -0.467 e. The number of nitrogens with zero attached hydrogens (tertiary/aromatic N) is 1. The third kappa shape index (κ3) is 6.99. The van der Waals surface area contributed by atoms with Crippen molar-refractivity contribution in [2.24, 2.45) is 0 Å². The molecule has 2 atom stereocenters. The molecule has 0 radical (unpaired) electrons. The van der Waals surface area contributed by atoms with E-state index in [1.165, 1.54) is 32.2 Å². The van der Waals surface area contributed by atoms with Crippen LogP contribution in [0.15, 0.2) is 24.3 Å². The summed E-state index contributed by atoms with van der Waals surface area (Å²) in [6.45, 7) is 1.25. The predicted molar refractivity (Wildman–Crippen MR) is 86.5 cm³/mol. The Hall–Kier alpha value is -2.95. The van der Waals surface area contributed by atoms with Crippen LogP contribution in [0, 0.1) is 17.1 Å². The van der Waals surface area contributed by atoms with Gasteiger partial charge in [0.2, 0.25) is 11.8 Å². The molecule has 0 aliphatic carbocycles. The van der Waals surface area contributed by atoms with E-state index in [2.05, 4.69) is 15.4 Å². The Bertz CT molecular complexity index is 672. The number of hydrogen-bond donors (Lipinski definition) is 2. The zero-order valence-corrected chi connectivity index (χ0v) is 14.0. The monoisotopic (exact) mass is 349 g/mol. The number of carbonyl (C=O) groups is 3. The molecule has 0 aromatic heterocycles. The van der Waals surface area contributed by atoms with Crippen LogP contribution in [0.4, 0.5) is 4.39 Å². The molecule has 1 aromatic carbocycles. The van der Waals surface area contributed by atoms with Crippen LogP contribution in [0.1, 0.15) is 25.3 Å². The standard InChI is InChI=1S/C17H20FN3O4/c1-11(22)20-15(10-12-5-3-6-13(18)9-12)16(23)21-14(7-4-8-19)17(24)25-2/h3,5-6,9,14-15H,4,7,10H2,1-2H3,(H,20,22)(H,21,23)/t14-,15-/m1/s1. The smallest absolute Gasteiger partial charge is 0.328 e. The van der Waals surface area contributed by atoms with Crippen LogP contribution in [-0.2, 0) is 25.5 Å². The summed E-state index contributed by atoms with van der Waals surface area (Å²) < 4.78 is 17.9. The van der Waals surface area contributed by atoms with Gasteiger partial charge < -0.3 is 15.4 Å². The minimum atomic E-state index is -0.999. The Morgan fingerprint density at radius 1 is 1.28 bits per heavy atom. The third-order valence-electron chi connectivity index (χ3n) is 3.37. The number of carbonyl (C=O) groups excluding carboxylic acids is 3. The molecule has 0 saturated heterocycles. The molecule has 2 amide bonds. The topological polar surface area (TPSA) is 108 Å². The average molecular weight is 349 g/mol. The second-order valence-electron chi connectivity index (χ2n) is 5.37. The fourth-order valence-corrected chi connectivity index (χ4v) is 2.23. The van der Waals surface area contributed by atoms with E-state index in [0.29, 0.717) is 5.56 Å². The lowest BCUT2D eigenvalue weighted by Crippen LogP contribution is -2.52. The Morgan fingerprint density at radius 2 is 2.00 bits per heavy atom. The quantitative estimate of drug-likeness (QED) is 0.676. The van der Waals surface area contributed by atoms with Crippen molar-refractivity contribution in [3.8, 4) is 6.07 Å². The fourth-order valence-electron chi connectivity index (χ4n) is 2.23. The van der Waals surface area contributed by atoms with Crippen molar-refractivity contribution in [2.75, 3.05) is 7.11 Å². The van der Waals surface area contributed by atoms with Gasteiger partial charge in [-0.05, 0) is 24.1 Å².